The summed E-state index contributed by atoms with van der Waals surface area (Å²) in [6.45, 7) is 4.37. The second-order valence-electron chi connectivity index (χ2n) is 4.95. The van der Waals surface area contributed by atoms with Gasteiger partial charge >= 0.3 is 5.97 Å². The van der Waals surface area contributed by atoms with E-state index in [0.717, 1.165) is 12.8 Å². The summed E-state index contributed by atoms with van der Waals surface area (Å²) in [5.74, 6) is 0.0864. The van der Waals surface area contributed by atoms with E-state index in [9.17, 15) is 4.79 Å². The summed E-state index contributed by atoms with van der Waals surface area (Å²) >= 11 is 0. The molecular formula is C14H18O2. The summed E-state index contributed by atoms with van der Waals surface area (Å²) in [6.07, 6.45) is 2.30. The Labute approximate surface area is 96.3 Å². The van der Waals surface area contributed by atoms with Gasteiger partial charge in [-0.2, -0.15) is 0 Å². The van der Waals surface area contributed by atoms with Gasteiger partial charge in [0, 0.05) is 0 Å². The van der Waals surface area contributed by atoms with Crippen LogP contribution in [0.2, 0.25) is 0 Å². The molecule has 2 rings (SSSR count). The molecule has 0 radical (unpaired) electrons. The van der Waals surface area contributed by atoms with Gasteiger partial charge in [-0.3, -0.25) is 4.79 Å². The zero-order chi connectivity index (χ0) is 11.7. The van der Waals surface area contributed by atoms with Crippen LogP contribution < -0.4 is 0 Å². The van der Waals surface area contributed by atoms with Crippen molar-refractivity contribution in [2.45, 2.75) is 44.9 Å². The number of carbonyl (C=O) groups is 1. The molecule has 0 spiro atoms. The van der Waals surface area contributed by atoms with Crippen LogP contribution in [0.25, 0.3) is 0 Å². The molecule has 1 N–H and O–H groups in total. The summed E-state index contributed by atoms with van der Waals surface area (Å²) in [7, 11) is 0. The monoisotopic (exact) mass is 218 g/mol. The summed E-state index contributed by atoms with van der Waals surface area (Å²) in [5, 5.41) is 8.84. The minimum absolute atomic E-state index is 0.230. The number of hydrogen-bond acceptors (Lipinski definition) is 1. The van der Waals surface area contributed by atoms with Crippen molar-refractivity contribution in [2.75, 3.05) is 0 Å². The van der Waals surface area contributed by atoms with E-state index >= 15 is 0 Å². The topological polar surface area (TPSA) is 37.3 Å². The number of carboxylic acid groups (broad SMARTS) is 1. The van der Waals surface area contributed by atoms with Gasteiger partial charge in [0.25, 0.3) is 0 Å². The van der Waals surface area contributed by atoms with Crippen molar-refractivity contribution < 1.29 is 9.90 Å². The van der Waals surface area contributed by atoms with Gasteiger partial charge in [-0.05, 0) is 41.4 Å². The maximum absolute atomic E-state index is 10.7. The predicted octanol–water partition coefficient (Wildman–Crippen LogP) is 3.31. The molecule has 0 saturated carbocycles. The molecule has 0 saturated heterocycles. The second-order valence-corrected chi connectivity index (χ2v) is 4.95. The van der Waals surface area contributed by atoms with E-state index in [2.05, 4.69) is 32.0 Å². The highest BCUT2D eigenvalue weighted by molar-refractivity contribution is 5.68. The van der Waals surface area contributed by atoms with Crippen LogP contribution in [0, 0.1) is 0 Å². The van der Waals surface area contributed by atoms with E-state index < -0.39 is 5.97 Å². The first-order valence-corrected chi connectivity index (χ1v) is 5.92. The van der Waals surface area contributed by atoms with Gasteiger partial charge in [-0.15, -0.1) is 0 Å². The van der Waals surface area contributed by atoms with Crippen LogP contribution in [0.15, 0.2) is 18.2 Å². The number of benzene rings is 1. The maximum Gasteiger partial charge on any atom is 0.303 e. The molecule has 2 nitrogen and oxygen atoms in total. The SMILES string of the molecule is CC(C)c1ccc2c(c1)CCC2CC(=O)O. The Kier molecular flexibility index (Phi) is 2.99. The minimum atomic E-state index is -0.689. The second kappa shape index (κ2) is 4.28. The highest BCUT2D eigenvalue weighted by atomic mass is 16.4. The van der Waals surface area contributed by atoms with Gasteiger partial charge < -0.3 is 5.11 Å². The number of carboxylic acids is 1. The normalized spacial score (nSPS) is 18.8. The van der Waals surface area contributed by atoms with Crippen LogP contribution >= 0.6 is 0 Å². The molecular weight excluding hydrogens is 200 g/mol. The van der Waals surface area contributed by atoms with Gasteiger partial charge in [0.05, 0.1) is 6.42 Å². The number of rotatable bonds is 3. The largest absolute Gasteiger partial charge is 0.481 e. The Morgan fingerprint density at radius 3 is 2.88 bits per heavy atom. The van der Waals surface area contributed by atoms with Crippen molar-refractivity contribution in [2.24, 2.45) is 0 Å². The first-order valence-electron chi connectivity index (χ1n) is 5.92. The highest BCUT2D eigenvalue weighted by Gasteiger charge is 2.24. The van der Waals surface area contributed by atoms with Gasteiger partial charge in [0.2, 0.25) is 0 Å². The van der Waals surface area contributed by atoms with E-state index in [1.165, 1.54) is 16.7 Å². The number of aryl methyl sites for hydroxylation is 1. The highest BCUT2D eigenvalue weighted by Crippen LogP contribution is 2.36. The lowest BCUT2D eigenvalue weighted by Crippen LogP contribution is -2.03. The van der Waals surface area contributed by atoms with Gasteiger partial charge in [0.1, 0.15) is 0 Å². The Morgan fingerprint density at radius 1 is 1.50 bits per heavy atom. The molecule has 2 heteroatoms. The van der Waals surface area contributed by atoms with Gasteiger partial charge in [-0.25, -0.2) is 0 Å². The van der Waals surface area contributed by atoms with Crippen LogP contribution in [0.5, 0.6) is 0 Å². The first-order chi connectivity index (χ1) is 7.58. The molecule has 86 valence electrons. The van der Waals surface area contributed by atoms with Crippen molar-refractivity contribution in [3.05, 3.63) is 34.9 Å². The zero-order valence-electron chi connectivity index (χ0n) is 9.86. The maximum atomic E-state index is 10.7. The van der Waals surface area contributed by atoms with Crippen LogP contribution in [-0.4, -0.2) is 11.1 Å². The van der Waals surface area contributed by atoms with E-state index in [-0.39, 0.29) is 12.3 Å². The fourth-order valence-electron chi connectivity index (χ4n) is 2.51. The Bertz CT molecular complexity index is 407. The fourth-order valence-corrected chi connectivity index (χ4v) is 2.51. The molecule has 1 aromatic rings. The van der Waals surface area contributed by atoms with Crippen LogP contribution in [-0.2, 0) is 11.2 Å². The van der Waals surface area contributed by atoms with Crippen LogP contribution in [0.1, 0.15) is 55.2 Å². The Morgan fingerprint density at radius 2 is 2.25 bits per heavy atom. The molecule has 0 aliphatic heterocycles. The lowest BCUT2D eigenvalue weighted by molar-refractivity contribution is -0.137. The lowest BCUT2D eigenvalue weighted by Gasteiger charge is -2.11. The number of hydrogen-bond donors (Lipinski definition) is 1. The summed E-state index contributed by atoms with van der Waals surface area (Å²) in [5.41, 5.74) is 3.97. The van der Waals surface area contributed by atoms with Crippen LogP contribution in [0.3, 0.4) is 0 Å². The molecule has 1 aliphatic rings. The molecule has 1 unspecified atom stereocenters. The van der Waals surface area contributed by atoms with E-state index in [1.54, 1.807) is 0 Å². The van der Waals surface area contributed by atoms with E-state index in [0.29, 0.717) is 5.92 Å². The third kappa shape index (κ3) is 2.11. The van der Waals surface area contributed by atoms with Gasteiger partial charge in [0.15, 0.2) is 0 Å². The fraction of sp³-hybridized carbons (Fsp3) is 0.500. The summed E-state index contributed by atoms with van der Waals surface area (Å²) in [6, 6.07) is 6.52. The molecule has 0 bridgehead atoms. The smallest absolute Gasteiger partial charge is 0.303 e. The predicted molar refractivity (Wildman–Crippen MR) is 63.8 cm³/mol. The molecule has 1 aromatic carbocycles. The molecule has 1 atom stereocenters. The Hall–Kier alpha value is -1.31. The number of fused-ring (bicyclic) bond motifs is 1. The molecule has 0 aromatic heterocycles. The van der Waals surface area contributed by atoms with Crippen molar-refractivity contribution >= 4 is 5.97 Å². The third-order valence-corrected chi connectivity index (χ3v) is 3.46. The van der Waals surface area contributed by atoms with Crippen molar-refractivity contribution in [1.82, 2.24) is 0 Å². The van der Waals surface area contributed by atoms with Crippen LogP contribution in [0.4, 0.5) is 0 Å². The molecule has 0 amide bonds. The first kappa shape index (κ1) is 11.2. The zero-order valence-corrected chi connectivity index (χ0v) is 9.86. The average Bonchev–Trinajstić information content (AvgIpc) is 2.60. The van der Waals surface area contributed by atoms with E-state index in [1.807, 2.05) is 0 Å². The summed E-state index contributed by atoms with van der Waals surface area (Å²) < 4.78 is 0. The quantitative estimate of drug-likeness (QED) is 0.845. The molecule has 0 fully saturated rings. The average molecular weight is 218 g/mol. The Balaban J connectivity index is 2.25. The molecule has 0 heterocycles. The third-order valence-electron chi connectivity index (χ3n) is 3.46. The molecule has 1 aliphatic carbocycles. The molecule has 16 heavy (non-hydrogen) atoms. The lowest BCUT2D eigenvalue weighted by atomic mass is 9.94. The number of aliphatic carboxylic acids is 1. The van der Waals surface area contributed by atoms with E-state index in [4.69, 9.17) is 5.11 Å². The van der Waals surface area contributed by atoms with Crippen molar-refractivity contribution in [3.8, 4) is 0 Å². The van der Waals surface area contributed by atoms with Crippen molar-refractivity contribution in [1.29, 1.82) is 0 Å². The minimum Gasteiger partial charge on any atom is -0.481 e. The summed E-state index contributed by atoms with van der Waals surface area (Å²) in [4.78, 5) is 10.7. The van der Waals surface area contributed by atoms with Gasteiger partial charge in [-0.1, -0.05) is 32.0 Å². The van der Waals surface area contributed by atoms with Crippen molar-refractivity contribution in [3.63, 3.8) is 0 Å². The standard InChI is InChI=1S/C14H18O2/c1-9(2)10-5-6-13-11(7-10)3-4-12(13)8-14(15)16/h5-7,9,12H,3-4,8H2,1-2H3,(H,15,16).